The summed E-state index contributed by atoms with van der Waals surface area (Å²) in [6.07, 6.45) is 0.0692. The predicted octanol–water partition coefficient (Wildman–Crippen LogP) is 1.68. The highest BCUT2D eigenvalue weighted by Gasteiger charge is 2.41. The Morgan fingerprint density at radius 3 is 2.25 bits per heavy atom. The Morgan fingerprint density at radius 2 is 1.85 bits per heavy atom. The Morgan fingerprint density at radius 1 is 1.30 bits per heavy atom. The highest BCUT2D eigenvalue weighted by Crippen LogP contribution is 2.32. The molecule has 116 valence electrons. The van der Waals surface area contributed by atoms with Crippen LogP contribution in [-0.4, -0.2) is 59.0 Å². The lowest BCUT2D eigenvalue weighted by Crippen LogP contribution is -2.59. The van der Waals surface area contributed by atoms with E-state index < -0.39 is 11.4 Å². The van der Waals surface area contributed by atoms with Gasteiger partial charge in [0, 0.05) is 31.6 Å². The number of nitrogens with zero attached hydrogens (tertiary/aromatic N) is 2. The van der Waals surface area contributed by atoms with E-state index >= 15 is 0 Å². The number of piperazine rings is 1. The van der Waals surface area contributed by atoms with Crippen molar-refractivity contribution in [1.29, 1.82) is 0 Å². The summed E-state index contributed by atoms with van der Waals surface area (Å²) < 4.78 is 0. The van der Waals surface area contributed by atoms with Crippen LogP contribution < -0.4 is 0 Å². The first kappa shape index (κ1) is 17.0. The minimum absolute atomic E-state index is 0.0511. The second kappa shape index (κ2) is 5.72. The number of rotatable bonds is 4. The van der Waals surface area contributed by atoms with Crippen molar-refractivity contribution in [2.45, 2.75) is 46.6 Å². The molecule has 5 nitrogen and oxygen atoms in total. The molecule has 0 radical (unpaired) electrons. The van der Waals surface area contributed by atoms with Gasteiger partial charge in [-0.1, -0.05) is 13.8 Å². The van der Waals surface area contributed by atoms with Crippen LogP contribution in [0.1, 0.15) is 41.0 Å². The molecule has 0 aromatic heterocycles. The molecule has 1 unspecified atom stereocenters. The summed E-state index contributed by atoms with van der Waals surface area (Å²) in [6, 6.07) is 0. The third kappa shape index (κ3) is 3.32. The topological polar surface area (TPSA) is 60.9 Å². The summed E-state index contributed by atoms with van der Waals surface area (Å²) in [5.41, 5.74) is -1.06. The lowest BCUT2D eigenvalue weighted by atomic mass is 9.76. The predicted molar refractivity (Wildman–Crippen MR) is 78.5 cm³/mol. The lowest BCUT2D eigenvalue weighted by molar-refractivity contribution is -0.156. The van der Waals surface area contributed by atoms with Crippen molar-refractivity contribution in [2.75, 3.05) is 26.7 Å². The Labute approximate surface area is 121 Å². The summed E-state index contributed by atoms with van der Waals surface area (Å²) in [6.45, 7) is 11.7. The van der Waals surface area contributed by atoms with Crippen molar-refractivity contribution in [2.24, 2.45) is 11.3 Å². The van der Waals surface area contributed by atoms with Gasteiger partial charge in [-0.2, -0.15) is 0 Å². The molecule has 1 aliphatic rings. The van der Waals surface area contributed by atoms with Crippen LogP contribution in [0.25, 0.3) is 0 Å². The van der Waals surface area contributed by atoms with Gasteiger partial charge in [0.15, 0.2) is 0 Å². The van der Waals surface area contributed by atoms with Crippen LogP contribution in [-0.2, 0) is 9.59 Å². The average molecular weight is 284 g/mol. The molecule has 0 saturated carbocycles. The molecule has 1 atom stereocenters. The number of hydrogen-bond donors (Lipinski definition) is 1. The van der Waals surface area contributed by atoms with Crippen molar-refractivity contribution in [1.82, 2.24) is 9.80 Å². The Hall–Kier alpha value is -1.10. The van der Waals surface area contributed by atoms with Gasteiger partial charge >= 0.3 is 5.97 Å². The largest absolute Gasteiger partial charge is 0.481 e. The van der Waals surface area contributed by atoms with Gasteiger partial charge in [0.05, 0.1) is 5.41 Å². The van der Waals surface area contributed by atoms with Gasteiger partial charge in [0.1, 0.15) is 0 Å². The SMILES string of the molecule is CC(C)C(C)(CC(=O)N1CCN(C)C(C)(C)C1)C(=O)O. The second-order valence-electron chi connectivity index (χ2n) is 7.10. The van der Waals surface area contributed by atoms with Crippen molar-refractivity contribution in [3.05, 3.63) is 0 Å². The van der Waals surface area contributed by atoms with Gasteiger partial charge in [-0.25, -0.2) is 0 Å². The number of carboxylic acid groups (broad SMARTS) is 1. The zero-order chi connectivity index (χ0) is 15.7. The average Bonchev–Trinajstić information content (AvgIpc) is 2.31. The number of carbonyl (C=O) groups excluding carboxylic acids is 1. The van der Waals surface area contributed by atoms with E-state index in [1.807, 2.05) is 18.7 Å². The van der Waals surface area contributed by atoms with Crippen LogP contribution >= 0.6 is 0 Å². The third-order valence-electron chi connectivity index (χ3n) is 4.95. The molecule has 1 heterocycles. The highest BCUT2D eigenvalue weighted by atomic mass is 16.4. The lowest BCUT2D eigenvalue weighted by Gasteiger charge is -2.46. The van der Waals surface area contributed by atoms with E-state index in [1.54, 1.807) is 6.92 Å². The number of hydrogen-bond acceptors (Lipinski definition) is 3. The molecule has 1 amide bonds. The maximum absolute atomic E-state index is 12.5. The first-order valence-electron chi connectivity index (χ1n) is 7.23. The molecule has 1 aliphatic heterocycles. The van der Waals surface area contributed by atoms with Crippen LogP contribution in [0.5, 0.6) is 0 Å². The van der Waals surface area contributed by atoms with Gasteiger partial charge in [-0.05, 0) is 33.7 Å². The molecular formula is C15H28N2O3. The number of amides is 1. The van der Waals surface area contributed by atoms with Crippen LogP contribution in [0, 0.1) is 11.3 Å². The normalized spacial score (nSPS) is 22.6. The zero-order valence-electron chi connectivity index (χ0n) is 13.6. The fraction of sp³-hybridized carbons (Fsp3) is 0.867. The standard InChI is InChI=1S/C15H28N2O3/c1-11(2)15(5,13(19)20)9-12(18)17-8-7-16(6)14(3,4)10-17/h11H,7-10H2,1-6H3,(H,19,20). The molecule has 0 aliphatic carbocycles. The minimum atomic E-state index is -0.995. The second-order valence-corrected chi connectivity index (χ2v) is 7.10. The maximum atomic E-state index is 12.5. The fourth-order valence-electron chi connectivity index (χ4n) is 2.41. The molecule has 5 heteroatoms. The molecule has 0 aromatic rings. The molecule has 0 spiro atoms. The van der Waals surface area contributed by atoms with E-state index in [4.69, 9.17) is 0 Å². The molecule has 1 rings (SSSR count). The summed E-state index contributed by atoms with van der Waals surface area (Å²) in [4.78, 5) is 28.0. The Bertz CT molecular complexity index is 393. The van der Waals surface area contributed by atoms with Gasteiger partial charge < -0.3 is 10.0 Å². The van der Waals surface area contributed by atoms with E-state index in [0.29, 0.717) is 13.1 Å². The maximum Gasteiger partial charge on any atom is 0.310 e. The van der Waals surface area contributed by atoms with Crippen molar-refractivity contribution in [3.8, 4) is 0 Å². The first-order valence-corrected chi connectivity index (χ1v) is 7.23. The zero-order valence-corrected chi connectivity index (χ0v) is 13.6. The monoisotopic (exact) mass is 284 g/mol. The highest BCUT2D eigenvalue weighted by molar-refractivity contribution is 5.85. The summed E-state index contributed by atoms with van der Waals surface area (Å²) in [5, 5.41) is 9.42. The summed E-state index contributed by atoms with van der Waals surface area (Å²) in [7, 11) is 2.05. The number of carbonyl (C=O) groups is 2. The van der Waals surface area contributed by atoms with Crippen LogP contribution in [0.3, 0.4) is 0 Å². The van der Waals surface area contributed by atoms with Crippen LogP contribution in [0.2, 0.25) is 0 Å². The van der Waals surface area contributed by atoms with Crippen LogP contribution in [0.4, 0.5) is 0 Å². The molecular weight excluding hydrogens is 256 g/mol. The van der Waals surface area contributed by atoms with Gasteiger partial charge in [0.25, 0.3) is 0 Å². The minimum Gasteiger partial charge on any atom is -0.481 e. The van der Waals surface area contributed by atoms with Crippen molar-refractivity contribution in [3.63, 3.8) is 0 Å². The number of carboxylic acids is 1. The first-order chi connectivity index (χ1) is 9.00. The van der Waals surface area contributed by atoms with Gasteiger partial charge in [-0.15, -0.1) is 0 Å². The smallest absolute Gasteiger partial charge is 0.310 e. The quantitative estimate of drug-likeness (QED) is 0.853. The summed E-state index contributed by atoms with van der Waals surface area (Å²) >= 11 is 0. The number of likely N-dealkylation sites (N-methyl/N-ethyl adjacent to an activating group) is 1. The molecule has 1 fully saturated rings. The summed E-state index contributed by atoms with van der Waals surface area (Å²) in [5.74, 6) is -1.02. The van der Waals surface area contributed by atoms with Gasteiger partial charge in [-0.3, -0.25) is 14.5 Å². The third-order valence-corrected chi connectivity index (χ3v) is 4.95. The number of aliphatic carboxylic acids is 1. The molecule has 20 heavy (non-hydrogen) atoms. The van der Waals surface area contributed by atoms with E-state index in [0.717, 1.165) is 6.54 Å². The Balaban J connectivity index is 2.79. The van der Waals surface area contributed by atoms with E-state index in [9.17, 15) is 14.7 Å². The van der Waals surface area contributed by atoms with Crippen molar-refractivity contribution >= 4 is 11.9 Å². The molecule has 1 saturated heterocycles. The van der Waals surface area contributed by atoms with E-state index in [2.05, 4.69) is 25.8 Å². The van der Waals surface area contributed by atoms with E-state index in [-0.39, 0.29) is 23.8 Å². The molecule has 1 N–H and O–H groups in total. The molecule has 0 bridgehead atoms. The fourth-order valence-corrected chi connectivity index (χ4v) is 2.41. The molecule has 0 aromatic carbocycles. The Kier molecular flexibility index (Phi) is 4.85. The van der Waals surface area contributed by atoms with Crippen molar-refractivity contribution < 1.29 is 14.7 Å². The van der Waals surface area contributed by atoms with E-state index in [1.165, 1.54) is 0 Å². The van der Waals surface area contributed by atoms with Crippen LogP contribution in [0.15, 0.2) is 0 Å². The van der Waals surface area contributed by atoms with Gasteiger partial charge in [0.2, 0.25) is 5.91 Å².